The van der Waals surface area contributed by atoms with Crippen molar-refractivity contribution in [2.24, 2.45) is 11.8 Å². The third-order valence-corrected chi connectivity index (χ3v) is 4.81. The summed E-state index contributed by atoms with van der Waals surface area (Å²) in [6.07, 6.45) is 8.87. The maximum atomic E-state index is 9.75. The molecule has 0 spiro atoms. The van der Waals surface area contributed by atoms with Crippen molar-refractivity contribution in [3.63, 3.8) is 0 Å². The van der Waals surface area contributed by atoms with Crippen molar-refractivity contribution < 1.29 is 5.11 Å². The molecule has 2 nitrogen and oxygen atoms in total. The van der Waals surface area contributed by atoms with Gasteiger partial charge in [0.1, 0.15) is 0 Å². The van der Waals surface area contributed by atoms with E-state index < -0.39 is 0 Å². The first-order chi connectivity index (χ1) is 7.66. The van der Waals surface area contributed by atoms with Gasteiger partial charge in [0.15, 0.2) is 0 Å². The van der Waals surface area contributed by atoms with Gasteiger partial charge in [0.25, 0.3) is 0 Å². The first kappa shape index (κ1) is 12.4. The van der Waals surface area contributed by atoms with Crippen molar-refractivity contribution in [3.8, 4) is 0 Å². The Bertz CT molecular complexity index is 215. The van der Waals surface area contributed by atoms with Gasteiger partial charge in [-0.25, -0.2) is 0 Å². The summed E-state index contributed by atoms with van der Waals surface area (Å²) < 4.78 is 0. The Morgan fingerprint density at radius 3 is 2.56 bits per heavy atom. The van der Waals surface area contributed by atoms with Gasteiger partial charge in [0.05, 0.1) is 6.10 Å². The van der Waals surface area contributed by atoms with Gasteiger partial charge in [-0.1, -0.05) is 26.2 Å². The van der Waals surface area contributed by atoms with E-state index >= 15 is 0 Å². The lowest BCUT2D eigenvalue weighted by atomic mass is 9.81. The van der Waals surface area contributed by atoms with E-state index in [0.29, 0.717) is 6.04 Å². The zero-order chi connectivity index (χ0) is 11.5. The topological polar surface area (TPSA) is 23.5 Å². The van der Waals surface area contributed by atoms with Crippen molar-refractivity contribution in [2.45, 2.75) is 64.0 Å². The quantitative estimate of drug-likeness (QED) is 0.795. The van der Waals surface area contributed by atoms with Gasteiger partial charge >= 0.3 is 0 Å². The van der Waals surface area contributed by atoms with E-state index in [1.807, 2.05) is 0 Å². The molecule has 3 atom stereocenters. The number of aliphatic hydroxyl groups excluding tert-OH is 1. The summed E-state index contributed by atoms with van der Waals surface area (Å²) in [5, 5.41) is 9.75. The van der Waals surface area contributed by atoms with E-state index in [-0.39, 0.29) is 6.10 Å². The molecule has 0 radical (unpaired) electrons. The predicted octanol–water partition coefficient (Wildman–Crippen LogP) is 2.66. The zero-order valence-electron chi connectivity index (χ0n) is 10.9. The second-order valence-electron chi connectivity index (χ2n) is 6.08. The van der Waals surface area contributed by atoms with Crippen LogP contribution in [0.5, 0.6) is 0 Å². The Morgan fingerprint density at radius 2 is 1.94 bits per heavy atom. The predicted molar refractivity (Wildman–Crippen MR) is 67.4 cm³/mol. The summed E-state index contributed by atoms with van der Waals surface area (Å²) in [5.74, 6) is 1.76. The molecular weight excluding hydrogens is 198 g/mol. The van der Waals surface area contributed by atoms with Gasteiger partial charge in [0, 0.05) is 6.04 Å². The van der Waals surface area contributed by atoms with Crippen LogP contribution in [0.25, 0.3) is 0 Å². The fraction of sp³-hybridized carbons (Fsp3) is 1.00. The molecule has 16 heavy (non-hydrogen) atoms. The number of nitrogens with zero attached hydrogens (tertiary/aromatic N) is 1. The van der Waals surface area contributed by atoms with Crippen LogP contribution in [0.2, 0.25) is 0 Å². The van der Waals surface area contributed by atoms with E-state index in [4.69, 9.17) is 0 Å². The normalized spacial score (nSPS) is 36.4. The standard InChI is InChI=1S/C14H27NO/c1-11-6-7-13(16)10-14(11)15(2)9-8-12-4-3-5-12/h11-14,16H,3-10H2,1-2H3. The Morgan fingerprint density at radius 1 is 1.19 bits per heavy atom. The Balaban J connectivity index is 1.74. The number of hydrogen-bond donors (Lipinski definition) is 1. The maximum Gasteiger partial charge on any atom is 0.0555 e. The lowest BCUT2D eigenvalue weighted by Gasteiger charge is -2.39. The molecule has 0 saturated heterocycles. The highest BCUT2D eigenvalue weighted by Crippen LogP contribution is 2.31. The summed E-state index contributed by atoms with van der Waals surface area (Å²) >= 11 is 0. The first-order valence-electron chi connectivity index (χ1n) is 7.05. The van der Waals surface area contributed by atoms with Crippen molar-refractivity contribution in [1.29, 1.82) is 0 Å². The third-order valence-electron chi connectivity index (χ3n) is 4.81. The van der Waals surface area contributed by atoms with Gasteiger partial charge in [-0.2, -0.15) is 0 Å². The first-order valence-corrected chi connectivity index (χ1v) is 7.05. The van der Waals surface area contributed by atoms with Crippen molar-refractivity contribution in [3.05, 3.63) is 0 Å². The molecule has 2 aliphatic rings. The van der Waals surface area contributed by atoms with Gasteiger partial charge in [0.2, 0.25) is 0 Å². The number of hydrogen-bond acceptors (Lipinski definition) is 2. The minimum atomic E-state index is -0.0487. The van der Waals surface area contributed by atoms with E-state index in [9.17, 15) is 5.11 Å². The van der Waals surface area contributed by atoms with E-state index in [2.05, 4.69) is 18.9 Å². The molecule has 0 aromatic rings. The van der Waals surface area contributed by atoms with Crippen LogP contribution < -0.4 is 0 Å². The molecule has 2 rings (SSSR count). The van der Waals surface area contributed by atoms with E-state index in [1.54, 1.807) is 0 Å². The van der Waals surface area contributed by atoms with Crippen LogP contribution in [0.15, 0.2) is 0 Å². The Labute approximate surface area is 100 Å². The number of rotatable bonds is 4. The maximum absolute atomic E-state index is 9.75. The highest BCUT2D eigenvalue weighted by molar-refractivity contribution is 4.84. The largest absolute Gasteiger partial charge is 0.393 e. The molecule has 2 heteroatoms. The molecule has 3 unspecified atom stereocenters. The van der Waals surface area contributed by atoms with Gasteiger partial charge < -0.3 is 10.0 Å². The summed E-state index contributed by atoms with van der Waals surface area (Å²) in [5.41, 5.74) is 0. The van der Waals surface area contributed by atoms with E-state index in [0.717, 1.165) is 24.7 Å². The monoisotopic (exact) mass is 225 g/mol. The van der Waals surface area contributed by atoms with E-state index in [1.165, 1.54) is 38.6 Å². The molecule has 2 saturated carbocycles. The highest BCUT2D eigenvalue weighted by atomic mass is 16.3. The molecular formula is C14H27NO. The SMILES string of the molecule is CC1CCC(O)CC1N(C)CCC1CCC1. The molecule has 1 N–H and O–H groups in total. The molecule has 0 amide bonds. The van der Waals surface area contributed by atoms with Crippen LogP contribution in [0.3, 0.4) is 0 Å². The molecule has 0 bridgehead atoms. The Hall–Kier alpha value is -0.0800. The molecule has 2 aliphatic carbocycles. The highest BCUT2D eigenvalue weighted by Gasteiger charge is 2.29. The minimum Gasteiger partial charge on any atom is -0.393 e. The number of aliphatic hydroxyl groups is 1. The molecule has 0 aromatic carbocycles. The average Bonchev–Trinajstić information content (AvgIpc) is 2.19. The second-order valence-corrected chi connectivity index (χ2v) is 6.08. The van der Waals surface area contributed by atoms with Gasteiger partial charge in [-0.3, -0.25) is 0 Å². The average molecular weight is 225 g/mol. The third kappa shape index (κ3) is 2.98. The van der Waals surface area contributed by atoms with Crippen molar-refractivity contribution in [2.75, 3.05) is 13.6 Å². The summed E-state index contributed by atoms with van der Waals surface area (Å²) in [6.45, 7) is 3.57. The van der Waals surface area contributed by atoms with Crippen LogP contribution in [-0.4, -0.2) is 35.7 Å². The molecule has 0 aromatic heterocycles. The second kappa shape index (κ2) is 5.50. The van der Waals surface area contributed by atoms with Crippen molar-refractivity contribution in [1.82, 2.24) is 4.90 Å². The van der Waals surface area contributed by atoms with Crippen LogP contribution in [-0.2, 0) is 0 Å². The van der Waals surface area contributed by atoms with Gasteiger partial charge in [-0.15, -0.1) is 0 Å². The smallest absolute Gasteiger partial charge is 0.0555 e. The Kier molecular flexibility index (Phi) is 4.26. The minimum absolute atomic E-state index is 0.0487. The van der Waals surface area contributed by atoms with Crippen LogP contribution in [0, 0.1) is 11.8 Å². The lowest BCUT2D eigenvalue weighted by molar-refractivity contribution is 0.0397. The van der Waals surface area contributed by atoms with Crippen molar-refractivity contribution >= 4 is 0 Å². The fourth-order valence-electron chi connectivity index (χ4n) is 3.22. The molecule has 0 aliphatic heterocycles. The van der Waals surface area contributed by atoms with Gasteiger partial charge in [-0.05, 0) is 51.1 Å². The zero-order valence-corrected chi connectivity index (χ0v) is 10.9. The molecule has 0 heterocycles. The van der Waals surface area contributed by atoms with Crippen LogP contribution in [0.1, 0.15) is 51.9 Å². The summed E-state index contributed by atoms with van der Waals surface area (Å²) in [7, 11) is 2.25. The lowest BCUT2D eigenvalue weighted by Crippen LogP contribution is -2.43. The molecule has 2 fully saturated rings. The summed E-state index contributed by atoms with van der Waals surface area (Å²) in [4.78, 5) is 2.51. The van der Waals surface area contributed by atoms with Crippen LogP contribution >= 0.6 is 0 Å². The van der Waals surface area contributed by atoms with Crippen LogP contribution in [0.4, 0.5) is 0 Å². The summed E-state index contributed by atoms with van der Waals surface area (Å²) in [6, 6.07) is 0.615. The molecule has 94 valence electrons. The fourth-order valence-corrected chi connectivity index (χ4v) is 3.22.